The second-order valence-corrected chi connectivity index (χ2v) is 5.11. The predicted molar refractivity (Wildman–Crippen MR) is 71.8 cm³/mol. The van der Waals surface area contributed by atoms with Crippen LogP contribution in [0.4, 0.5) is 14.9 Å². The van der Waals surface area contributed by atoms with Crippen molar-refractivity contribution >= 4 is 11.8 Å². The van der Waals surface area contributed by atoms with Crippen molar-refractivity contribution < 1.29 is 14.3 Å². The fraction of sp³-hybridized carbons (Fsp3) is 0.429. The lowest BCUT2D eigenvalue weighted by atomic mass is 9.84. The third-order valence-electron chi connectivity index (χ3n) is 3.62. The standard InChI is InChI=1S/C14H16FN3O2/c1-10-8-14(9-16,5-6-18(10)13(19)20)17-12-4-2-3-11(15)7-12/h2-4,7,10,17H,5-6,8H2,1H3,(H,19,20)/t10-,14+/m0/s1. The van der Waals surface area contributed by atoms with Crippen molar-refractivity contribution in [3.63, 3.8) is 0 Å². The topological polar surface area (TPSA) is 76.4 Å². The van der Waals surface area contributed by atoms with E-state index in [2.05, 4.69) is 11.4 Å². The molecule has 2 atom stereocenters. The Labute approximate surface area is 116 Å². The van der Waals surface area contributed by atoms with Crippen LogP contribution in [0.15, 0.2) is 24.3 Å². The summed E-state index contributed by atoms with van der Waals surface area (Å²) in [6.07, 6.45) is -0.238. The summed E-state index contributed by atoms with van der Waals surface area (Å²) in [6.45, 7) is 2.05. The first-order chi connectivity index (χ1) is 9.46. The molecule has 2 N–H and O–H groups in total. The summed E-state index contributed by atoms with van der Waals surface area (Å²) in [5.41, 5.74) is -0.332. The van der Waals surface area contributed by atoms with Crippen molar-refractivity contribution in [1.29, 1.82) is 5.26 Å². The highest BCUT2D eigenvalue weighted by molar-refractivity contribution is 5.66. The minimum Gasteiger partial charge on any atom is -0.465 e. The van der Waals surface area contributed by atoms with Crippen molar-refractivity contribution in [2.45, 2.75) is 31.3 Å². The van der Waals surface area contributed by atoms with Gasteiger partial charge in [-0.05, 0) is 25.1 Å². The number of carbonyl (C=O) groups is 1. The molecule has 5 nitrogen and oxygen atoms in total. The average molecular weight is 277 g/mol. The quantitative estimate of drug-likeness (QED) is 0.871. The second kappa shape index (κ2) is 5.37. The van der Waals surface area contributed by atoms with E-state index in [1.807, 2.05) is 0 Å². The van der Waals surface area contributed by atoms with Gasteiger partial charge in [0.05, 0.1) is 6.07 Å². The fourth-order valence-corrected chi connectivity index (χ4v) is 2.62. The molecule has 20 heavy (non-hydrogen) atoms. The zero-order chi connectivity index (χ0) is 14.8. The van der Waals surface area contributed by atoms with Crippen LogP contribution in [0.2, 0.25) is 0 Å². The number of hydrogen-bond acceptors (Lipinski definition) is 3. The summed E-state index contributed by atoms with van der Waals surface area (Å²) >= 11 is 0. The molecule has 0 spiro atoms. The number of benzene rings is 1. The highest BCUT2D eigenvalue weighted by Crippen LogP contribution is 2.30. The van der Waals surface area contributed by atoms with Gasteiger partial charge in [-0.2, -0.15) is 5.26 Å². The largest absolute Gasteiger partial charge is 0.465 e. The maximum atomic E-state index is 13.2. The SMILES string of the molecule is C[C@H]1C[C@](C#N)(Nc2cccc(F)c2)CCN1C(=O)O. The highest BCUT2D eigenvalue weighted by atomic mass is 19.1. The number of likely N-dealkylation sites (tertiary alicyclic amines) is 1. The van der Waals surface area contributed by atoms with Crippen LogP contribution in [0, 0.1) is 17.1 Å². The Balaban J connectivity index is 2.16. The third-order valence-corrected chi connectivity index (χ3v) is 3.62. The molecule has 1 aliphatic heterocycles. The molecule has 1 heterocycles. The molecule has 1 aromatic carbocycles. The zero-order valence-electron chi connectivity index (χ0n) is 11.1. The van der Waals surface area contributed by atoms with Gasteiger partial charge in [0.25, 0.3) is 0 Å². The maximum absolute atomic E-state index is 13.2. The highest BCUT2D eigenvalue weighted by Gasteiger charge is 2.40. The van der Waals surface area contributed by atoms with Gasteiger partial charge >= 0.3 is 6.09 Å². The van der Waals surface area contributed by atoms with Crippen LogP contribution in [0.1, 0.15) is 19.8 Å². The van der Waals surface area contributed by atoms with E-state index in [1.54, 1.807) is 19.1 Å². The Bertz CT molecular complexity index is 558. The number of piperidine rings is 1. The summed E-state index contributed by atoms with van der Waals surface area (Å²) in [5, 5.41) is 21.5. The van der Waals surface area contributed by atoms with Crippen molar-refractivity contribution in [3.05, 3.63) is 30.1 Å². The molecule has 6 heteroatoms. The van der Waals surface area contributed by atoms with Crippen LogP contribution in [-0.2, 0) is 0 Å². The first kappa shape index (κ1) is 14.1. The molecule has 106 valence electrons. The number of nitrogens with zero attached hydrogens (tertiary/aromatic N) is 2. The smallest absolute Gasteiger partial charge is 0.407 e. The van der Waals surface area contributed by atoms with Crippen molar-refractivity contribution in [1.82, 2.24) is 4.90 Å². The molecule has 1 amide bonds. The molecule has 1 aromatic rings. The Morgan fingerprint density at radius 3 is 2.95 bits per heavy atom. The minimum atomic E-state index is -0.977. The molecule has 0 bridgehead atoms. The van der Waals surface area contributed by atoms with Crippen LogP contribution >= 0.6 is 0 Å². The number of amides is 1. The Morgan fingerprint density at radius 2 is 2.40 bits per heavy atom. The van der Waals surface area contributed by atoms with Gasteiger partial charge in [0.2, 0.25) is 0 Å². The minimum absolute atomic E-state index is 0.262. The van der Waals surface area contributed by atoms with E-state index in [9.17, 15) is 14.4 Å². The molecule has 1 saturated heterocycles. The zero-order valence-corrected chi connectivity index (χ0v) is 11.1. The summed E-state index contributed by atoms with van der Waals surface area (Å²) < 4.78 is 13.2. The van der Waals surface area contributed by atoms with E-state index >= 15 is 0 Å². The first-order valence-electron chi connectivity index (χ1n) is 6.40. The van der Waals surface area contributed by atoms with Crippen LogP contribution in [0.5, 0.6) is 0 Å². The summed E-state index contributed by atoms with van der Waals surface area (Å²) in [5.74, 6) is -0.376. The van der Waals surface area contributed by atoms with Crippen LogP contribution in [-0.4, -0.2) is 34.2 Å². The number of nitrogens with one attached hydrogen (secondary N) is 1. The van der Waals surface area contributed by atoms with Gasteiger partial charge in [-0.3, -0.25) is 0 Å². The summed E-state index contributed by atoms with van der Waals surface area (Å²) in [6, 6.07) is 7.88. The molecule has 0 aliphatic carbocycles. The number of anilines is 1. The van der Waals surface area contributed by atoms with Crippen molar-refractivity contribution in [3.8, 4) is 6.07 Å². The maximum Gasteiger partial charge on any atom is 0.407 e. The van der Waals surface area contributed by atoms with Gasteiger partial charge in [-0.1, -0.05) is 6.07 Å². The lowest BCUT2D eigenvalue weighted by Crippen LogP contribution is -2.53. The molecular formula is C14H16FN3O2. The van der Waals surface area contributed by atoms with E-state index in [4.69, 9.17) is 5.11 Å². The molecular weight excluding hydrogens is 261 g/mol. The summed E-state index contributed by atoms with van der Waals surface area (Å²) in [7, 11) is 0. The first-order valence-corrected chi connectivity index (χ1v) is 6.40. The van der Waals surface area contributed by atoms with E-state index < -0.39 is 11.6 Å². The lowest BCUT2D eigenvalue weighted by Gasteiger charge is -2.41. The van der Waals surface area contributed by atoms with Gasteiger partial charge in [0, 0.05) is 31.1 Å². The van der Waals surface area contributed by atoms with Crippen LogP contribution in [0.3, 0.4) is 0 Å². The normalized spacial score (nSPS) is 25.9. The number of nitriles is 1. The van der Waals surface area contributed by atoms with Crippen LogP contribution in [0.25, 0.3) is 0 Å². The molecule has 0 saturated carbocycles. The van der Waals surface area contributed by atoms with Gasteiger partial charge in [0.1, 0.15) is 11.4 Å². The number of rotatable bonds is 2. The molecule has 1 aliphatic rings. The fourth-order valence-electron chi connectivity index (χ4n) is 2.62. The molecule has 1 fully saturated rings. The van der Waals surface area contributed by atoms with Gasteiger partial charge in [0.15, 0.2) is 0 Å². The summed E-state index contributed by atoms with van der Waals surface area (Å²) in [4.78, 5) is 12.4. The van der Waals surface area contributed by atoms with Crippen molar-refractivity contribution in [2.75, 3.05) is 11.9 Å². The van der Waals surface area contributed by atoms with Crippen molar-refractivity contribution in [2.24, 2.45) is 0 Å². The van der Waals surface area contributed by atoms with Crippen LogP contribution < -0.4 is 5.32 Å². The lowest BCUT2D eigenvalue weighted by molar-refractivity contribution is 0.101. The van der Waals surface area contributed by atoms with E-state index in [0.717, 1.165) is 0 Å². The monoisotopic (exact) mass is 277 g/mol. The van der Waals surface area contributed by atoms with Gasteiger partial charge in [-0.15, -0.1) is 0 Å². The number of hydrogen-bond donors (Lipinski definition) is 2. The van der Waals surface area contributed by atoms with E-state index in [0.29, 0.717) is 18.5 Å². The Kier molecular flexibility index (Phi) is 3.79. The third kappa shape index (κ3) is 2.82. The predicted octanol–water partition coefficient (Wildman–Crippen LogP) is 2.66. The van der Waals surface area contributed by atoms with E-state index in [1.165, 1.54) is 17.0 Å². The van der Waals surface area contributed by atoms with Gasteiger partial charge in [-0.25, -0.2) is 9.18 Å². The molecule has 2 rings (SSSR count). The number of halogens is 1. The molecule has 0 unspecified atom stereocenters. The number of carboxylic acid groups (broad SMARTS) is 1. The molecule has 0 aromatic heterocycles. The Morgan fingerprint density at radius 1 is 1.65 bits per heavy atom. The van der Waals surface area contributed by atoms with Gasteiger partial charge < -0.3 is 15.3 Å². The van der Waals surface area contributed by atoms with E-state index in [-0.39, 0.29) is 18.4 Å². The molecule has 0 radical (unpaired) electrons. The average Bonchev–Trinajstić information content (AvgIpc) is 2.38. The Hall–Kier alpha value is -2.29. The second-order valence-electron chi connectivity index (χ2n) is 5.11.